The van der Waals surface area contributed by atoms with Crippen molar-refractivity contribution in [3.63, 3.8) is 0 Å². The van der Waals surface area contributed by atoms with Gasteiger partial charge in [0.25, 0.3) is 6.71 Å². The van der Waals surface area contributed by atoms with Crippen molar-refractivity contribution in [2.75, 3.05) is 9.80 Å². The van der Waals surface area contributed by atoms with E-state index in [0.717, 1.165) is 6.42 Å². The van der Waals surface area contributed by atoms with Crippen LogP contribution in [0.1, 0.15) is 182 Å². The van der Waals surface area contributed by atoms with E-state index in [1.165, 1.54) is 131 Å². The van der Waals surface area contributed by atoms with E-state index in [0.29, 0.717) is 17.8 Å². The summed E-state index contributed by atoms with van der Waals surface area (Å²) >= 11 is 2.10. The predicted octanol–water partition coefficient (Wildman–Crippen LogP) is 18.0. The minimum absolute atomic E-state index is 0.0366. The van der Waals surface area contributed by atoms with Gasteiger partial charge in [-0.3, -0.25) is 0 Å². The van der Waals surface area contributed by atoms with E-state index in [1.54, 1.807) is 16.7 Å². The SMILES string of the molecule is Cc1cc2c3c(c1)N(C1=CCC(C(C)(C)C)C=C1)c1c(sc4cc5c(cc14)C(C)(C)CCC5(C)C)B3c1cc3c(cc1N2C1=C[C@@H]2C(C=C1c1cccc4ccccc14)C(C)(C)CCC2(C)C)C(C)(C)CCC3(C)C. The highest BCUT2D eigenvalue weighted by atomic mass is 32.1. The number of thiophene rings is 1. The van der Waals surface area contributed by atoms with Gasteiger partial charge in [0, 0.05) is 48.9 Å². The Balaban J connectivity index is 1.16. The van der Waals surface area contributed by atoms with Crippen molar-refractivity contribution in [1.29, 1.82) is 0 Å². The van der Waals surface area contributed by atoms with E-state index in [4.69, 9.17) is 0 Å². The molecule has 0 amide bonds. The number of benzene rings is 5. The second-order valence-electron chi connectivity index (χ2n) is 29.9. The predicted molar refractivity (Wildman–Crippen MR) is 328 cm³/mol. The minimum atomic E-state index is 0.0366. The molecule has 2 unspecified atom stereocenters. The second kappa shape index (κ2) is 16.0. The summed E-state index contributed by atoms with van der Waals surface area (Å²) in [7, 11) is 0. The van der Waals surface area contributed by atoms with Gasteiger partial charge in [-0.25, -0.2) is 0 Å². The Morgan fingerprint density at radius 2 is 1.16 bits per heavy atom. The van der Waals surface area contributed by atoms with Gasteiger partial charge in [0.2, 0.25) is 0 Å². The van der Waals surface area contributed by atoms with Crippen LogP contribution in [0.15, 0.2) is 121 Å². The second-order valence-corrected chi connectivity index (χ2v) is 31.0. The lowest BCUT2D eigenvalue weighted by Gasteiger charge is -2.53. The normalized spacial score (nSPS) is 25.0. The van der Waals surface area contributed by atoms with Gasteiger partial charge in [0.05, 0.1) is 5.69 Å². The molecule has 7 aliphatic rings. The molecule has 0 N–H and O–H groups in total. The molecule has 0 radical (unpaired) electrons. The molecule has 386 valence electrons. The van der Waals surface area contributed by atoms with E-state index in [9.17, 15) is 0 Å². The van der Waals surface area contributed by atoms with Crippen LogP contribution in [0, 0.1) is 40.9 Å². The highest BCUT2D eigenvalue weighted by Gasteiger charge is 2.52. The Labute approximate surface area is 455 Å². The summed E-state index contributed by atoms with van der Waals surface area (Å²) in [5.74, 6) is 1.27. The van der Waals surface area contributed by atoms with Crippen LogP contribution in [0.4, 0.5) is 22.7 Å². The molecule has 5 aromatic carbocycles. The molecule has 4 heteroatoms. The molecule has 1 fully saturated rings. The Morgan fingerprint density at radius 1 is 0.587 bits per heavy atom. The lowest BCUT2D eigenvalue weighted by molar-refractivity contribution is 0.0332. The zero-order chi connectivity index (χ0) is 52.9. The molecular weight excluding hydrogens is 924 g/mol. The number of rotatable bonds is 3. The van der Waals surface area contributed by atoms with Gasteiger partial charge in [-0.15, -0.1) is 11.3 Å². The van der Waals surface area contributed by atoms with Crippen LogP contribution in [0.25, 0.3) is 26.4 Å². The molecular formula is C71H83BN2S. The highest BCUT2D eigenvalue weighted by molar-refractivity contribution is 7.33. The van der Waals surface area contributed by atoms with Crippen molar-refractivity contribution >= 4 is 82.9 Å². The molecule has 0 saturated heterocycles. The number of anilines is 4. The molecule has 0 spiro atoms. The van der Waals surface area contributed by atoms with Crippen LogP contribution >= 0.6 is 11.3 Å². The van der Waals surface area contributed by atoms with Gasteiger partial charge in [0.1, 0.15) is 0 Å². The molecule has 3 heterocycles. The quantitative estimate of drug-likeness (QED) is 0.163. The summed E-state index contributed by atoms with van der Waals surface area (Å²) in [6, 6.07) is 32.2. The Kier molecular flexibility index (Phi) is 10.6. The fourth-order valence-corrected chi connectivity index (χ4v) is 17.0. The van der Waals surface area contributed by atoms with Crippen LogP contribution in [0.2, 0.25) is 0 Å². The largest absolute Gasteiger partial charge is 0.311 e. The van der Waals surface area contributed by atoms with Crippen molar-refractivity contribution in [2.45, 2.75) is 177 Å². The van der Waals surface area contributed by atoms with Crippen molar-refractivity contribution in [3.8, 4) is 0 Å². The average Bonchev–Trinajstić information content (AvgIpc) is 3.79. The number of aryl methyl sites for hydroxylation is 1. The van der Waals surface area contributed by atoms with Crippen LogP contribution in [0.3, 0.4) is 0 Å². The standard InChI is InChI=1S/C71H83BN2S/c1-42-34-59-62-60(35-42)74(57-39-53-50(66(5,6)28-31-69(53,11)12)36-48(57)47-23-19-21-43-20-17-18-22-46(43)47)58-40-54-52(68(9,10)30-32-70(54,13)14)38-56(58)72(62)64-63(73(59)45-26-24-44(25-27-45)65(2,3)4)49-37-51-55(41-61(49)75-64)71(15,16)33-29-67(51,7)8/h17-24,26-27,34-41,44,50,53H,25,28-33H2,1-16H3/t44?,50?,53-/m1/s1. The number of hydrogen-bond acceptors (Lipinski definition) is 3. The van der Waals surface area contributed by atoms with Crippen LogP contribution in [0.5, 0.6) is 0 Å². The molecule has 2 nitrogen and oxygen atoms in total. The monoisotopic (exact) mass is 1010 g/mol. The Morgan fingerprint density at radius 3 is 1.79 bits per heavy atom. The summed E-state index contributed by atoms with van der Waals surface area (Å²) in [6.45, 7) is 40.0. The van der Waals surface area contributed by atoms with Gasteiger partial charge < -0.3 is 9.80 Å². The highest BCUT2D eigenvalue weighted by Crippen LogP contribution is 2.60. The van der Waals surface area contributed by atoms with E-state index < -0.39 is 0 Å². The number of hydrogen-bond donors (Lipinski definition) is 0. The summed E-state index contributed by atoms with van der Waals surface area (Å²) < 4.78 is 2.93. The van der Waals surface area contributed by atoms with Crippen molar-refractivity contribution in [1.82, 2.24) is 0 Å². The van der Waals surface area contributed by atoms with Crippen molar-refractivity contribution in [2.24, 2.45) is 34.0 Å². The van der Waals surface area contributed by atoms with Crippen LogP contribution in [-0.4, -0.2) is 6.71 Å². The molecule has 13 rings (SSSR count). The fourth-order valence-electron chi connectivity index (χ4n) is 15.7. The van der Waals surface area contributed by atoms with Crippen molar-refractivity contribution in [3.05, 3.63) is 154 Å². The molecule has 0 bridgehead atoms. The maximum atomic E-state index is 2.85. The van der Waals surface area contributed by atoms with E-state index in [-0.39, 0.29) is 44.6 Å². The third-order valence-electron chi connectivity index (χ3n) is 21.1. The first-order valence-corrected chi connectivity index (χ1v) is 29.8. The third-order valence-corrected chi connectivity index (χ3v) is 22.3. The number of nitrogens with zero attached hydrogens (tertiary/aromatic N) is 2. The first-order chi connectivity index (χ1) is 35.2. The third kappa shape index (κ3) is 7.36. The molecule has 5 aliphatic carbocycles. The van der Waals surface area contributed by atoms with Gasteiger partial charge in [0.15, 0.2) is 0 Å². The van der Waals surface area contributed by atoms with Crippen molar-refractivity contribution < 1.29 is 0 Å². The molecule has 6 aromatic rings. The van der Waals surface area contributed by atoms with Gasteiger partial charge in [-0.1, -0.05) is 177 Å². The lowest BCUT2D eigenvalue weighted by atomic mass is 9.35. The first kappa shape index (κ1) is 49.5. The Hall–Kier alpha value is -5.06. The molecule has 1 saturated carbocycles. The molecule has 2 aliphatic heterocycles. The first-order valence-electron chi connectivity index (χ1n) is 29.0. The molecule has 75 heavy (non-hydrogen) atoms. The summed E-state index contributed by atoms with van der Waals surface area (Å²) in [4.78, 5) is 5.62. The summed E-state index contributed by atoms with van der Waals surface area (Å²) in [5.41, 5.74) is 22.1. The number of fused-ring (bicyclic) bond motifs is 10. The lowest BCUT2D eigenvalue weighted by Crippen LogP contribution is -2.61. The maximum absolute atomic E-state index is 2.85. The van der Waals surface area contributed by atoms with Crippen LogP contribution in [-0.2, 0) is 21.7 Å². The fraction of sp³-hybridized carbons (Fsp3) is 0.465. The zero-order valence-electron chi connectivity index (χ0n) is 48.5. The molecule has 3 atom stereocenters. The number of allylic oxidation sites excluding steroid dienone is 6. The van der Waals surface area contributed by atoms with Crippen LogP contribution < -0.4 is 25.5 Å². The van der Waals surface area contributed by atoms with Gasteiger partial charge in [-0.2, -0.15) is 0 Å². The minimum Gasteiger partial charge on any atom is -0.311 e. The Bertz CT molecular complexity index is 3560. The maximum Gasteiger partial charge on any atom is 0.264 e. The summed E-state index contributed by atoms with van der Waals surface area (Å²) in [6.07, 6.45) is 21.5. The van der Waals surface area contributed by atoms with E-state index in [1.807, 2.05) is 0 Å². The topological polar surface area (TPSA) is 6.48 Å². The van der Waals surface area contributed by atoms with Gasteiger partial charge in [-0.05, 0) is 199 Å². The summed E-state index contributed by atoms with van der Waals surface area (Å²) in [5, 5.41) is 4.06. The van der Waals surface area contributed by atoms with E-state index >= 15 is 0 Å². The average molecular weight is 1010 g/mol. The van der Waals surface area contributed by atoms with Gasteiger partial charge >= 0.3 is 0 Å². The smallest absolute Gasteiger partial charge is 0.264 e. The zero-order valence-corrected chi connectivity index (χ0v) is 49.3. The van der Waals surface area contributed by atoms with E-state index in [2.05, 4.69) is 241 Å². The molecule has 1 aromatic heterocycles.